The number of aliphatic hydroxyl groups is 1. The fraction of sp³-hybridized carbons (Fsp3) is 0.0625. The van der Waals surface area contributed by atoms with E-state index in [4.69, 9.17) is 10.8 Å². The van der Waals surface area contributed by atoms with Crippen LogP contribution in [0.4, 0.5) is 0 Å². The summed E-state index contributed by atoms with van der Waals surface area (Å²) >= 11 is 0. The molecule has 20 heavy (non-hydrogen) atoms. The maximum absolute atomic E-state index is 11.4. The standard InChI is InChI=1S/C16H14N2O2/c17-16(20)12-2-1-3-14-13(12)8-15(18-14)11-6-4-10(9-19)5-7-11/h1-8,18-19H,9H2,(H2,17,20). The van der Waals surface area contributed by atoms with Gasteiger partial charge in [-0.05, 0) is 29.3 Å². The number of hydrogen-bond donors (Lipinski definition) is 3. The van der Waals surface area contributed by atoms with Crippen molar-refractivity contribution in [3.05, 3.63) is 59.7 Å². The molecule has 4 nitrogen and oxygen atoms in total. The number of rotatable bonds is 3. The first-order valence-corrected chi connectivity index (χ1v) is 6.31. The number of amides is 1. The average Bonchev–Trinajstić information content (AvgIpc) is 2.90. The van der Waals surface area contributed by atoms with Gasteiger partial charge in [0.25, 0.3) is 0 Å². The normalized spacial score (nSPS) is 10.8. The van der Waals surface area contributed by atoms with Gasteiger partial charge in [-0.25, -0.2) is 0 Å². The highest BCUT2D eigenvalue weighted by Crippen LogP contribution is 2.26. The number of benzene rings is 2. The molecule has 3 rings (SSSR count). The molecule has 1 aromatic heterocycles. The number of nitrogens with one attached hydrogen (secondary N) is 1. The maximum Gasteiger partial charge on any atom is 0.249 e. The van der Waals surface area contributed by atoms with Crippen molar-refractivity contribution >= 4 is 16.8 Å². The van der Waals surface area contributed by atoms with Crippen LogP contribution in [0.1, 0.15) is 15.9 Å². The van der Waals surface area contributed by atoms with Crippen LogP contribution >= 0.6 is 0 Å². The van der Waals surface area contributed by atoms with E-state index in [0.29, 0.717) is 5.56 Å². The third-order valence-electron chi connectivity index (χ3n) is 3.38. The van der Waals surface area contributed by atoms with Crippen molar-refractivity contribution in [3.8, 4) is 11.3 Å². The van der Waals surface area contributed by atoms with Gasteiger partial charge in [-0.1, -0.05) is 30.3 Å². The molecule has 0 radical (unpaired) electrons. The lowest BCUT2D eigenvalue weighted by atomic mass is 10.1. The largest absolute Gasteiger partial charge is 0.392 e. The van der Waals surface area contributed by atoms with Crippen LogP contribution in [0.2, 0.25) is 0 Å². The molecular formula is C16H14N2O2. The molecule has 4 heteroatoms. The Morgan fingerprint density at radius 1 is 1.15 bits per heavy atom. The van der Waals surface area contributed by atoms with E-state index in [0.717, 1.165) is 27.7 Å². The summed E-state index contributed by atoms with van der Waals surface area (Å²) < 4.78 is 0. The van der Waals surface area contributed by atoms with Crippen LogP contribution in [-0.4, -0.2) is 16.0 Å². The zero-order valence-corrected chi connectivity index (χ0v) is 10.8. The van der Waals surface area contributed by atoms with E-state index >= 15 is 0 Å². The Morgan fingerprint density at radius 3 is 2.55 bits per heavy atom. The van der Waals surface area contributed by atoms with Crippen LogP contribution in [0.5, 0.6) is 0 Å². The molecule has 0 saturated heterocycles. The molecule has 1 heterocycles. The Bertz CT molecular complexity index is 773. The lowest BCUT2D eigenvalue weighted by Gasteiger charge is -1.99. The summed E-state index contributed by atoms with van der Waals surface area (Å²) in [6, 6.07) is 15.0. The number of primary amides is 1. The number of H-pyrrole nitrogens is 1. The lowest BCUT2D eigenvalue weighted by Crippen LogP contribution is -2.10. The summed E-state index contributed by atoms with van der Waals surface area (Å²) in [5.74, 6) is -0.434. The Labute approximate surface area is 115 Å². The number of carbonyl (C=O) groups excluding carboxylic acids is 1. The Morgan fingerprint density at radius 2 is 1.90 bits per heavy atom. The Kier molecular flexibility index (Phi) is 3.00. The minimum atomic E-state index is -0.434. The van der Waals surface area contributed by atoms with Gasteiger partial charge in [-0.15, -0.1) is 0 Å². The molecule has 2 aromatic carbocycles. The van der Waals surface area contributed by atoms with Crippen molar-refractivity contribution in [2.75, 3.05) is 0 Å². The Balaban J connectivity index is 2.12. The quantitative estimate of drug-likeness (QED) is 0.680. The monoisotopic (exact) mass is 266 g/mol. The number of aromatic nitrogens is 1. The predicted octanol–water partition coefficient (Wildman–Crippen LogP) is 2.43. The first-order valence-electron chi connectivity index (χ1n) is 6.31. The molecule has 0 bridgehead atoms. The summed E-state index contributed by atoms with van der Waals surface area (Å²) in [6.07, 6.45) is 0. The molecule has 0 unspecified atom stereocenters. The summed E-state index contributed by atoms with van der Waals surface area (Å²) in [5.41, 5.74) is 9.55. The van der Waals surface area contributed by atoms with E-state index in [1.165, 1.54) is 0 Å². The third-order valence-corrected chi connectivity index (χ3v) is 3.38. The van der Waals surface area contributed by atoms with Crippen LogP contribution in [0, 0.1) is 0 Å². The van der Waals surface area contributed by atoms with Crippen LogP contribution in [0.3, 0.4) is 0 Å². The van der Waals surface area contributed by atoms with E-state index in [2.05, 4.69) is 4.98 Å². The van der Waals surface area contributed by atoms with Gasteiger partial charge in [0.05, 0.1) is 6.61 Å². The van der Waals surface area contributed by atoms with Gasteiger partial charge in [0, 0.05) is 22.2 Å². The van der Waals surface area contributed by atoms with E-state index in [9.17, 15) is 4.79 Å². The third kappa shape index (κ3) is 2.06. The van der Waals surface area contributed by atoms with Gasteiger partial charge < -0.3 is 15.8 Å². The predicted molar refractivity (Wildman–Crippen MR) is 78.2 cm³/mol. The van der Waals surface area contributed by atoms with Crippen molar-refractivity contribution < 1.29 is 9.90 Å². The van der Waals surface area contributed by atoms with Crippen LogP contribution < -0.4 is 5.73 Å². The molecule has 0 aliphatic carbocycles. The van der Waals surface area contributed by atoms with E-state index in [1.54, 1.807) is 12.1 Å². The van der Waals surface area contributed by atoms with E-state index in [1.807, 2.05) is 36.4 Å². The second kappa shape index (κ2) is 4.83. The SMILES string of the molecule is NC(=O)c1cccc2[nH]c(-c3ccc(CO)cc3)cc12. The maximum atomic E-state index is 11.4. The number of aromatic amines is 1. The molecule has 0 saturated carbocycles. The van der Waals surface area contributed by atoms with Crippen molar-refractivity contribution in [2.45, 2.75) is 6.61 Å². The zero-order valence-electron chi connectivity index (χ0n) is 10.8. The molecule has 0 fully saturated rings. The minimum absolute atomic E-state index is 0.0266. The van der Waals surface area contributed by atoms with Crippen molar-refractivity contribution in [3.63, 3.8) is 0 Å². The van der Waals surface area contributed by atoms with Gasteiger partial charge in [-0.2, -0.15) is 0 Å². The van der Waals surface area contributed by atoms with E-state index < -0.39 is 5.91 Å². The van der Waals surface area contributed by atoms with Crippen LogP contribution in [0.15, 0.2) is 48.5 Å². The number of nitrogens with two attached hydrogens (primary N) is 1. The van der Waals surface area contributed by atoms with Gasteiger partial charge >= 0.3 is 0 Å². The van der Waals surface area contributed by atoms with Gasteiger partial charge in [0.2, 0.25) is 5.91 Å². The minimum Gasteiger partial charge on any atom is -0.392 e. The molecular weight excluding hydrogens is 252 g/mol. The smallest absolute Gasteiger partial charge is 0.249 e. The van der Waals surface area contributed by atoms with Crippen LogP contribution in [0.25, 0.3) is 22.2 Å². The van der Waals surface area contributed by atoms with Crippen LogP contribution in [-0.2, 0) is 6.61 Å². The van der Waals surface area contributed by atoms with Gasteiger partial charge in [-0.3, -0.25) is 4.79 Å². The fourth-order valence-corrected chi connectivity index (χ4v) is 2.32. The highest BCUT2D eigenvalue weighted by molar-refractivity contribution is 6.06. The van der Waals surface area contributed by atoms with Gasteiger partial charge in [0.1, 0.15) is 0 Å². The average molecular weight is 266 g/mol. The highest BCUT2D eigenvalue weighted by Gasteiger charge is 2.10. The molecule has 0 aliphatic heterocycles. The highest BCUT2D eigenvalue weighted by atomic mass is 16.3. The van der Waals surface area contributed by atoms with Crippen molar-refractivity contribution in [1.29, 1.82) is 0 Å². The van der Waals surface area contributed by atoms with Crippen molar-refractivity contribution in [2.24, 2.45) is 5.73 Å². The summed E-state index contributed by atoms with van der Waals surface area (Å²) in [4.78, 5) is 14.7. The molecule has 0 atom stereocenters. The second-order valence-corrected chi connectivity index (χ2v) is 4.67. The molecule has 4 N–H and O–H groups in total. The number of hydrogen-bond acceptors (Lipinski definition) is 2. The van der Waals surface area contributed by atoms with Gasteiger partial charge in [0.15, 0.2) is 0 Å². The number of fused-ring (bicyclic) bond motifs is 1. The summed E-state index contributed by atoms with van der Waals surface area (Å²) in [5, 5.41) is 9.87. The lowest BCUT2D eigenvalue weighted by molar-refractivity contribution is 0.100. The second-order valence-electron chi connectivity index (χ2n) is 4.67. The molecule has 1 amide bonds. The van der Waals surface area contributed by atoms with Crippen molar-refractivity contribution in [1.82, 2.24) is 4.98 Å². The number of carbonyl (C=O) groups is 1. The first kappa shape index (κ1) is 12.4. The molecule has 0 spiro atoms. The number of aliphatic hydroxyl groups excluding tert-OH is 1. The van der Waals surface area contributed by atoms with E-state index in [-0.39, 0.29) is 6.61 Å². The Hall–Kier alpha value is -2.59. The molecule has 0 aliphatic rings. The molecule has 100 valence electrons. The summed E-state index contributed by atoms with van der Waals surface area (Å²) in [7, 11) is 0. The summed E-state index contributed by atoms with van der Waals surface area (Å²) in [6.45, 7) is 0.0266. The zero-order chi connectivity index (χ0) is 14.1. The topological polar surface area (TPSA) is 79.1 Å². The first-order chi connectivity index (χ1) is 9.69. The molecule has 3 aromatic rings. The fourth-order valence-electron chi connectivity index (χ4n) is 2.32.